The van der Waals surface area contributed by atoms with E-state index in [9.17, 15) is 4.79 Å². The van der Waals surface area contributed by atoms with Crippen LogP contribution >= 0.6 is 11.6 Å². The Hall–Kier alpha value is -2.14. The van der Waals surface area contributed by atoms with Crippen molar-refractivity contribution in [2.45, 2.75) is 26.7 Å². The number of hydrogen-bond acceptors (Lipinski definition) is 4. The molecule has 0 atom stereocenters. The van der Waals surface area contributed by atoms with Gasteiger partial charge in [0.05, 0.1) is 0 Å². The number of carbonyl (C=O) groups is 1. The minimum atomic E-state index is -0.197. The summed E-state index contributed by atoms with van der Waals surface area (Å²) in [5, 5.41) is 6.68. The van der Waals surface area contributed by atoms with Gasteiger partial charge >= 0.3 is 0 Å². The van der Waals surface area contributed by atoms with Crippen molar-refractivity contribution in [3.8, 4) is 0 Å². The van der Waals surface area contributed by atoms with Gasteiger partial charge in [-0.05, 0) is 43.5 Å². The molecule has 2 rings (SSSR count). The molecule has 5 nitrogen and oxygen atoms in total. The van der Waals surface area contributed by atoms with Gasteiger partial charge in [-0.25, -0.2) is 9.97 Å². The average Bonchev–Trinajstić information content (AvgIpc) is 2.52. The molecular weight excluding hydrogens is 312 g/mol. The number of hydrogen-bond donors (Lipinski definition) is 2. The van der Waals surface area contributed by atoms with Crippen LogP contribution in [0, 0.1) is 6.92 Å². The van der Waals surface area contributed by atoms with Crippen LogP contribution in [-0.2, 0) is 6.42 Å². The van der Waals surface area contributed by atoms with E-state index < -0.39 is 0 Å². The molecule has 0 bridgehead atoms. The highest BCUT2D eigenvalue weighted by molar-refractivity contribution is 6.30. The van der Waals surface area contributed by atoms with E-state index >= 15 is 0 Å². The topological polar surface area (TPSA) is 66.9 Å². The molecule has 0 radical (unpaired) electrons. The van der Waals surface area contributed by atoms with Crippen LogP contribution in [0.25, 0.3) is 0 Å². The highest BCUT2D eigenvalue weighted by Crippen LogP contribution is 2.11. The van der Waals surface area contributed by atoms with Gasteiger partial charge in [0.15, 0.2) is 0 Å². The molecule has 0 unspecified atom stereocenters. The van der Waals surface area contributed by atoms with Crippen molar-refractivity contribution in [1.82, 2.24) is 15.3 Å². The highest BCUT2D eigenvalue weighted by Gasteiger charge is 2.10. The lowest BCUT2D eigenvalue weighted by molar-refractivity contribution is 0.0949. The van der Waals surface area contributed by atoms with E-state index in [0.717, 1.165) is 30.6 Å². The van der Waals surface area contributed by atoms with Gasteiger partial charge in [-0.1, -0.05) is 30.7 Å². The number of carbonyl (C=O) groups excluding carboxylic acids is 1. The molecule has 1 aromatic heterocycles. The second kappa shape index (κ2) is 8.48. The van der Waals surface area contributed by atoms with E-state index in [1.54, 1.807) is 6.07 Å². The zero-order chi connectivity index (χ0) is 16.7. The lowest BCUT2D eigenvalue weighted by Crippen LogP contribution is -2.27. The Labute approximate surface area is 141 Å². The van der Waals surface area contributed by atoms with Crippen LogP contribution in [0.5, 0.6) is 0 Å². The molecule has 0 saturated carbocycles. The van der Waals surface area contributed by atoms with Crippen molar-refractivity contribution < 1.29 is 4.79 Å². The maximum atomic E-state index is 12.2. The van der Waals surface area contributed by atoms with E-state index in [1.165, 1.54) is 0 Å². The third-order valence-electron chi connectivity index (χ3n) is 3.21. The zero-order valence-corrected chi connectivity index (χ0v) is 14.2. The Morgan fingerprint density at radius 2 is 2.04 bits per heavy atom. The number of halogens is 1. The summed E-state index contributed by atoms with van der Waals surface area (Å²) in [6.45, 7) is 5.22. The van der Waals surface area contributed by atoms with Gasteiger partial charge < -0.3 is 10.6 Å². The summed E-state index contributed by atoms with van der Waals surface area (Å²) in [6, 6.07) is 9.30. The zero-order valence-electron chi connectivity index (χ0n) is 13.4. The molecular formula is C17H21ClN4O. The Kier molecular flexibility index (Phi) is 6.35. The Balaban J connectivity index is 1.93. The van der Waals surface area contributed by atoms with Crippen LogP contribution in [0.4, 0.5) is 5.95 Å². The molecule has 1 amide bonds. The molecule has 0 spiro atoms. The highest BCUT2D eigenvalue weighted by atomic mass is 35.5. The predicted octanol–water partition coefficient (Wildman–Crippen LogP) is 3.23. The number of aromatic nitrogens is 2. The van der Waals surface area contributed by atoms with Crippen LogP contribution in [0.3, 0.4) is 0 Å². The van der Waals surface area contributed by atoms with Gasteiger partial charge in [0, 0.05) is 23.8 Å². The summed E-state index contributed by atoms with van der Waals surface area (Å²) in [5.41, 5.74) is 2.22. The molecule has 0 aliphatic heterocycles. The van der Waals surface area contributed by atoms with Crippen LogP contribution < -0.4 is 10.6 Å². The minimum Gasteiger partial charge on any atom is -0.354 e. The Morgan fingerprint density at radius 3 is 2.78 bits per heavy atom. The summed E-state index contributed by atoms with van der Waals surface area (Å²) in [6.07, 6.45) is 1.69. The van der Waals surface area contributed by atoms with Crippen LogP contribution in [0.1, 0.15) is 35.1 Å². The SMILES string of the molecule is CCCNc1nc(C)cc(C(=O)NCCc2cccc(Cl)c2)n1. The van der Waals surface area contributed by atoms with E-state index in [1.807, 2.05) is 31.2 Å². The van der Waals surface area contributed by atoms with Crippen molar-refractivity contribution in [1.29, 1.82) is 0 Å². The van der Waals surface area contributed by atoms with Crippen molar-refractivity contribution in [2.75, 3.05) is 18.4 Å². The van der Waals surface area contributed by atoms with Gasteiger partial charge in [0.2, 0.25) is 5.95 Å². The fourth-order valence-electron chi connectivity index (χ4n) is 2.10. The van der Waals surface area contributed by atoms with E-state index in [0.29, 0.717) is 23.2 Å². The van der Waals surface area contributed by atoms with Gasteiger partial charge in [-0.15, -0.1) is 0 Å². The number of nitrogens with one attached hydrogen (secondary N) is 2. The normalized spacial score (nSPS) is 10.4. The Bertz CT molecular complexity index is 675. The molecule has 0 aliphatic carbocycles. The monoisotopic (exact) mass is 332 g/mol. The molecule has 1 aromatic carbocycles. The summed E-state index contributed by atoms with van der Waals surface area (Å²) < 4.78 is 0. The van der Waals surface area contributed by atoms with Gasteiger partial charge in [-0.3, -0.25) is 4.79 Å². The van der Waals surface area contributed by atoms with Crippen LogP contribution in [0.2, 0.25) is 5.02 Å². The van der Waals surface area contributed by atoms with Gasteiger partial charge in [-0.2, -0.15) is 0 Å². The molecule has 2 aromatic rings. The predicted molar refractivity (Wildman–Crippen MR) is 93.0 cm³/mol. The summed E-state index contributed by atoms with van der Waals surface area (Å²) in [5.74, 6) is 0.295. The fourth-order valence-corrected chi connectivity index (χ4v) is 2.32. The average molecular weight is 333 g/mol. The third kappa shape index (κ3) is 5.53. The summed E-state index contributed by atoms with van der Waals surface area (Å²) in [4.78, 5) is 20.8. The first-order valence-electron chi connectivity index (χ1n) is 7.70. The van der Waals surface area contributed by atoms with E-state index in [-0.39, 0.29) is 5.91 Å². The van der Waals surface area contributed by atoms with E-state index in [2.05, 4.69) is 27.5 Å². The van der Waals surface area contributed by atoms with Crippen molar-refractivity contribution in [2.24, 2.45) is 0 Å². The molecule has 122 valence electrons. The van der Waals surface area contributed by atoms with Crippen LogP contribution in [-0.4, -0.2) is 29.0 Å². The quantitative estimate of drug-likeness (QED) is 0.817. The second-order valence-corrected chi connectivity index (χ2v) is 5.72. The molecule has 2 N–H and O–H groups in total. The summed E-state index contributed by atoms with van der Waals surface area (Å²) >= 11 is 5.95. The largest absolute Gasteiger partial charge is 0.354 e. The number of aryl methyl sites for hydroxylation is 1. The minimum absolute atomic E-state index is 0.197. The maximum Gasteiger partial charge on any atom is 0.270 e. The van der Waals surface area contributed by atoms with Gasteiger partial charge in [0.1, 0.15) is 5.69 Å². The number of benzene rings is 1. The standard InChI is InChI=1S/C17H21ClN4O/c1-3-8-20-17-21-12(2)10-15(22-17)16(23)19-9-7-13-5-4-6-14(18)11-13/h4-6,10-11H,3,7-9H2,1-2H3,(H,19,23)(H,20,21,22). The van der Waals surface area contributed by atoms with Gasteiger partial charge in [0.25, 0.3) is 5.91 Å². The van der Waals surface area contributed by atoms with Crippen molar-refractivity contribution in [3.63, 3.8) is 0 Å². The first-order valence-corrected chi connectivity index (χ1v) is 8.08. The number of amides is 1. The van der Waals surface area contributed by atoms with E-state index in [4.69, 9.17) is 11.6 Å². The first-order chi connectivity index (χ1) is 11.1. The molecule has 1 heterocycles. The van der Waals surface area contributed by atoms with Crippen LogP contribution in [0.15, 0.2) is 30.3 Å². The molecule has 0 fully saturated rings. The van der Waals surface area contributed by atoms with Crippen molar-refractivity contribution in [3.05, 3.63) is 52.3 Å². The molecule has 23 heavy (non-hydrogen) atoms. The lowest BCUT2D eigenvalue weighted by Gasteiger charge is -2.08. The smallest absolute Gasteiger partial charge is 0.270 e. The fraction of sp³-hybridized carbons (Fsp3) is 0.353. The third-order valence-corrected chi connectivity index (χ3v) is 3.44. The molecule has 0 aliphatic rings. The molecule has 6 heteroatoms. The number of anilines is 1. The molecule has 0 saturated heterocycles. The maximum absolute atomic E-state index is 12.2. The first kappa shape index (κ1) is 17.2. The lowest BCUT2D eigenvalue weighted by atomic mass is 10.1. The number of nitrogens with zero attached hydrogens (tertiary/aromatic N) is 2. The van der Waals surface area contributed by atoms with Crippen molar-refractivity contribution >= 4 is 23.5 Å². The Morgan fingerprint density at radius 1 is 1.22 bits per heavy atom. The summed E-state index contributed by atoms with van der Waals surface area (Å²) in [7, 11) is 0. The second-order valence-electron chi connectivity index (χ2n) is 5.28. The number of rotatable bonds is 7.